The van der Waals surface area contributed by atoms with Gasteiger partial charge in [0.2, 0.25) is 0 Å². The SMILES string of the molecule is O=C(CSc1cccc(F)c1)c1cccc(Cl)c1. The van der Waals surface area contributed by atoms with Gasteiger partial charge in [-0.2, -0.15) is 0 Å². The van der Waals surface area contributed by atoms with E-state index in [1.165, 1.54) is 23.9 Å². The third-order valence-corrected chi connectivity index (χ3v) is 3.54. The molecule has 0 amide bonds. The predicted molar refractivity (Wildman–Crippen MR) is 72.9 cm³/mol. The van der Waals surface area contributed by atoms with Crippen LogP contribution in [0.5, 0.6) is 0 Å². The van der Waals surface area contributed by atoms with E-state index < -0.39 is 0 Å². The van der Waals surface area contributed by atoms with Crippen molar-refractivity contribution in [1.82, 2.24) is 0 Å². The number of ketones is 1. The maximum Gasteiger partial charge on any atom is 0.173 e. The molecule has 2 aromatic carbocycles. The summed E-state index contributed by atoms with van der Waals surface area (Å²) in [5, 5.41) is 0.539. The van der Waals surface area contributed by atoms with Crippen LogP contribution in [0.2, 0.25) is 5.02 Å². The fourth-order valence-corrected chi connectivity index (χ4v) is 2.48. The van der Waals surface area contributed by atoms with E-state index in [9.17, 15) is 9.18 Å². The lowest BCUT2D eigenvalue weighted by molar-refractivity contribution is 0.102. The highest BCUT2D eigenvalue weighted by Gasteiger charge is 2.07. The average molecular weight is 281 g/mol. The molecule has 0 spiro atoms. The van der Waals surface area contributed by atoms with Crippen LogP contribution in [0.1, 0.15) is 10.4 Å². The minimum atomic E-state index is -0.296. The fourth-order valence-electron chi connectivity index (χ4n) is 1.45. The molecule has 0 aromatic heterocycles. The van der Waals surface area contributed by atoms with Crippen LogP contribution in [-0.2, 0) is 0 Å². The van der Waals surface area contributed by atoms with Crippen LogP contribution in [0.15, 0.2) is 53.4 Å². The first-order chi connectivity index (χ1) is 8.65. The minimum Gasteiger partial charge on any atom is -0.293 e. The van der Waals surface area contributed by atoms with E-state index in [1.807, 2.05) is 0 Å². The summed E-state index contributed by atoms with van der Waals surface area (Å²) >= 11 is 7.13. The quantitative estimate of drug-likeness (QED) is 0.608. The Bertz CT molecular complexity index is 571. The van der Waals surface area contributed by atoms with Crippen molar-refractivity contribution in [3.8, 4) is 0 Å². The van der Waals surface area contributed by atoms with Gasteiger partial charge in [0.15, 0.2) is 5.78 Å². The summed E-state index contributed by atoms with van der Waals surface area (Å²) in [5.74, 6) is -0.0500. The smallest absolute Gasteiger partial charge is 0.173 e. The Morgan fingerprint density at radius 3 is 2.67 bits per heavy atom. The van der Waals surface area contributed by atoms with Gasteiger partial charge in [0.25, 0.3) is 0 Å². The summed E-state index contributed by atoms with van der Waals surface area (Å²) in [6.45, 7) is 0. The monoisotopic (exact) mass is 280 g/mol. The van der Waals surface area contributed by atoms with Gasteiger partial charge in [-0.25, -0.2) is 4.39 Å². The van der Waals surface area contributed by atoms with Crippen molar-refractivity contribution in [2.24, 2.45) is 0 Å². The second-order valence-electron chi connectivity index (χ2n) is 3.68. The van der Waals surface area contributed by atoms with Gasteiger partial charge in [0, 0.05) is 15.5 Å². The van der Waals surface area contributed by atoms with Crippen LogP contribution >= 0.6 is 23.4 Å². The van der Waals surface area contributed by atoms with Crippen LogP contribution in [0, 0.1) is 5.82 Å². The molecule has 92 valence electrons. The van der Waals surface area contributed by atoms with E-state index in [1.54, 1.807) is 36.4 Å². The van der Waals surface area contributed by atoms with Gasteiger partial charge in [-0.15, -0.1) is 11.8 Å². The number of carbonyl (C=O) groups excluding carboxylic acids is 1. The third kappa shape index (κ3) is 3.59. The van der Waals surface area contributed by atoms with Crippen LogP contribution in [0.25, 0.3) is 0 Å². The number of hydrogen-bond donors (Lipinski definition) is 0. The fraction of sp³-hybridized carbons (Fsp3) is 0.0714. The highest BCUT2D eigenvalue weighted by molar-refractivity contribution is 8.00. The highest BCUT2D eigenvalue weighted by Crippen LogP contribution is 2.20. The molecule has 0 unspecified atom stereocenters. The number of carbonyl (C=O) groups is 1. The summed E-state index contributed by atoms with van der Waals surface area (Å²) in [6, 6.07) is 13.0. The molecule has 0 saturated carbocycles. The molecule has 4 heteroatoms. The number of hydrogen-bond acceptors (Lipinski definition) is 2. The Hall–Kier alpha value is -1.32. The number of halogens is 2. The van der Waals surface area contributed by atoms with Gasteiger partial charge in [-0.3, -0.25) is 4.79 Å². The molecule has 0 N–H and O–H groups in total. The van der Waals surface area contributed by atoms with Crippen molar-refractivity contribution < 1.29 is 9.18 Å². The zero-order valence-corrected chi connectivity index (χ0v) is 11.0. The maximum absolute atomic E-state index is 13.0. The van der Waals surface area contributed by atoms with E-state index in [0.717, 1.165) is 4.90 Å². The van der Waals surface area contributed by atoms with E-state index in [0.29, 0.717) is 10.6 Å². The normalized spacial score (nSPS) is 10.3. The molecular weight excluding hydrogens is 271 g/mol. The molecule has 2 aromatic rings. The van der Waals surface area contributed by atoms with Crippen molar-refractivity contribution in [3.63, 3.8) is 0 Å². The van der Waals surface area contributed by atoms with Gasteiger partial charge < -0.3 is 0 Å². The molecular formula is C14H10ClFOS. The number of thioether (sulfide) groups is 1. The molecule has 0 radical (unpaired) electrons. The zero-order chi connectivity index (χ0) is 13.0. The molecule has 0 aliphatic heterocycles. The molecule has 0 saturated heterocycles. The standard InChI is InChI=1S/C14H10ClFOS/c15-11-4-1-3-10(7-11)14(17)9-18-13-6-2-5-12(16)8-13/h1-8H,9H2. The Morgan fingerprint density at radius 1 is 1.17 bits per heavy atom. The minimum absolute atomic E-state index is 0.0215. The second kappa shape index (κ2) is 6.03. The van der Waals surface area contributed by atoms with Crippen molar-refractivity contribution >= 4 is 29.1 Å². The van der Waals surface area contributed by atoms with Crippen LogP contribution in [-0.4, -0.2) is 11.5 Å². The first kappa shape index (κ1) is 13.1. The Labute approximate surface area is 114 Å². The summed E-state index contributed by atoms with van der Waals surface area (Å²) in [4.78, 5) is 12.6. The molecule has 0 aliphatic rings. The van der Waals surface area contributed by atoms with Crippen LogP contribution in [0.4, 0.5) is 4.39 Å². The van der Waals surface area contributed by atoms with Crippen molar-refractivity contribution in [2.45, 2.75) is 4.90 Å². The Balaban J connectivity index is 2.00. The number of rotatable bonds is 4. The number of benzene rings is 2. The molecule has 0 heterocycles. The first-order valence-corrected chi connectivity index (χ1v) is 6.68. The molecule has 0 atom stereocenters. The summed E-state index contributed by atoms with van der Waals surface area (Å²) in [5.41, 5.74) is 0.575. The van der Waals surface area contributed by atoms with Gasteiger partial charge in [-0.1, -0.05) is 29.8 Å². The molecule has 18 heavy (non-hydrogen) atoms. The number of Topliss-reactive ketones (excluding diaryl/α,β-unsaturated/α-hetero) is 1. The lowest BCUT2D eigenvalue weighted by atomic mass is 10.1. The molecule has 2 rings (SSSR count). The molecule has 0 aliphatic carbocycles. The third-order valence-electron chi connectivity index (χ3n) is 2.31. The lowest BCUT2D eigenvalue weighted by Gasteiger charge is -2.02. The van der Waals surface area contributed by atoms with E-state index in [2.05, 4.69) is 0 Å². The first-order valence-electron chi connectivity index (χ1n) is 5.32. The van der Waals surface area contributed by atoms with E-state index in [-0.39, 0.29) is 17.4 Å². The van der Waals surface area contributed by atoms with Crippen LogP contribution < -0.4 is 0 Å². The Morgan fingerprint density at radius 2 is 1.94 bits per heavy atom. The largest absolute Gasteiger partial charge is 0.293 e. The van der Waals surface area contributed by atoms with Gasteiger partial charge in [0.1, 0.15) is 5.82 Å². The predicted octanol–water partition coefficient (Wildman–Crippen LogP) is 4.45. The van der Waals surface area contributed by atoms with Gasteiger partial charge >= 0.3 is 0 Å². The van der Waals surface area contributed by atoms with E-state index in [4.69, 9.17) is 11.6 Å². The molecule has 0 fully saturated rings. The topological polar surface area (TPSA) is 17.1 Å². The van der Waals surface area contributed by atoms with Crippen molar-refractivity contribution in [1.29, 1.82) is 0 Å². The lowest BCUT2D eigenvalue weighted by Crippen LogP contribution is -2.01. The summed E-state index contributed by atoms with van der Waals surface area (Å²) in [6.07, 6.45) is 0. The van der Waals surface area contributed by atoms with Crippen molar-refractivity contribution in [2.75, 3.05) is 5.75 Å². The molecule has 0 bridgehead atoms. The zero-order valence-electron chi connectivity index (χ0n) is 9.40. The Kier molecular flexibility index (Phi) is 4.39. The van der Waals surface area contributed by atoms with Crippen molar-refractivity contribution in [3.05, 3.63) is 64.9 Å². The maximum atomic E-state index is 13.0. The summed E-state index contributed by atoms with van der Waals surface area (Å²) in [7, 11) is 0. The molecule has 1 nitrogen and oxygen atoms in total. The second-order valence-corrected chi connectivity index (χ2v) is 5.16. The van der Waals surface area contributed by atoms with Gasteiger partial charge in [-0.05, 0) is 30.3 Å². The van der Waals surface area contributed by atoms with Crippen LogP contribution in [0.3, 0.4) is 0 Å². The highest BCUT2D eigenvalue weighted by atomic mass is 35.5. The summed E-state index contributed by atoms with van der Waals surface area (Å²) < 4.78 is 13.0. The van der Waals surface area contributed by atoms with E-state index >= 15 is 0 Å². The van der Waals surface area contributed by atoms with Gasteiger partial charge in [0.05, 0.1) is 5.75 Å². The average Bonchev–Trinajstić information content (AvgIpc) is 2.36.